The Morgan fingerprint density at radius 2 is 1.71 bits per heavy atom. The topological polar surface area (TPSA) is 69.7 Å². The van der Waals surface area contributed by atoms with Crippen molar-refractivity contribution in [1.82, 2.24) is 15.1 Å². The van der Waals surface area contributed by atoms with Crippen LogP contribution in [0.25, 0.3) is 0 Å². The first-order chi connectivity index (χ1) is 15.1. The van der Waals surface area contributed by atoms with Gasteiger partial charge in [0.1, 0.15) is 0 Å². The van der Waals surface area contributed by atoms with E-state index in [1.165, 1.54) is 23.3 Å². The highest BCUT2D eigenvalue weighted by Gasteiger charge is 2.35. The van der Waals surface area contributed by atoms with Crippen molar-refractivity contribution >= 4 is 17.7 Å². The number of fused-ring (bicyclic) bond motifs is 1. The normalized spacial score (nSPS) is 17.1. The van der Waals surface area contributed by atoms with Crippen LogP contribution in [0.1, 0.15) is 75.3 Å². The number of rotatable bonds is 8. The number of amides is 3. The van der Waals surface area contributed by atoms with Crippen LogP contribution in [-0.4, -0.2) is 53.7 Å². The standard InChI is InChI=1S/C25H29N3O3/c1-2-3-15-28-24(30)20-12-11-19(16-21(20)25(28)31)23(29)26-17-22(27-13-7-8-14-27)18-9-5-4-6-10-18/h4-6,9-12,16,22H,2-3,7-8,13-15,17H2,1H3,(H,26,29)/t22-/m1/s1. The molecule has 4 rings (SSSR count). The first-order valence-corrected chi connectivity index (χ1v) is 11.2. The van der Waals surface area contributed by atoms with Crippen molar-refractivity contribution in [2.24, 2.45) is 0 Å². The second-order valence-electron chi connectivity index (χ2n) is 8.26. The Kier molecular flexibility index (Phi) is 6.47. The van der Waals surface area contributed by atoms with Crippen molar-refractivity contribution in [3.63, 3.8) is 0 Å². The third kappa shape index (κ3) is 4.39. The molecule has 0 bridgehead atoms. The molecule has 3 amide bonds. The van der Waals surface area contributed by atoms with Gasteiger partial charge in [-0.2, -0.15) is 0 Å². The lowest BCUT2D eigenvalue weighted by Crippen LogP contribution is -2.36. The number of benzene rings is 2. The number of likely N-dealkylation sites (tertiary alicyclic amines) is 1. The summed E-state index contributed by atoms with van der Waals surface area (Å²) >= 11 is 0. The summed E-state index contributed by atoms with van der Waals surface area (Å²) in [5, 5.41) is 3.05. The summed E-state index contributed by atoms with van der Waals surface area (Å²) in [6.07, 6.45) is 4.02. The molecule has 31 heavy (non-hydrogen) atoms. The minimum atomic E-state index is -0.303. The maximum Gasteiger partial charge on any atom is 0.261 e. The zero-order valence-electron chi connectivity index (χ0n) is 18.0. The average Bonchev–Trinajstić information content (AvgIpc) is 3.41. The smallest absolute Gasteiger partial charge is 0.261 e. The van der Waals surface area contributed by atoms with Crippen LogP contribution in [0.15, 0.2) is 48.5 Å². The van der Waals surface area contributed by atoms with Crippen LogP contribution < -0.4 is 5.32 Å². The monoisotopic (exact) mass is 419 g/mol. The molecule has 2 aromatic carbocycles. The molecular weight excluding hydrogens is 390 g/mol. The lowest BCUT2D eigenvalue weighted by molar-refractivity contribution is 0.0652. The van der Waals surface area contributed by atoms with Crippen LogP contribution in [0.5, 0.6) is 0 Å². The molecule has 2 heterocycles. The number of unbranched alkanes of at least 4 members (excludes halogenated alkanes) is 1. The van der Waals surface area contributed by atoms with E-state index in [2.05, 4.69) is 22.3 Å². The van der Waals surface area contributed by atoms with Crippen LogP contribution >= 0.6 is 0 Å². The molecular formula is C25H29N3O3. The van der Waals surface area contributed by atoms with Crippen molar-refractivity contribution in [3.05, 3.63) is 70.8 Å². The molecule has 0 saturated carbocycles. The lowest BCUT2D eigenvalue weighted by atomic mass is 10.0. The molecule has 1 saturated heterocycles. The minimum absolute atomic E-state index is 0.120. The molecule has 0 unspecified atom stereocenters. The van der Waals surface area contributed by atoms with Crippen LogP contribution in [0.2, 0.25) is 0 Å². The molecule has 6 nitrogen and oxygen atoms in total. The third-order valence-corrected chi connectivity index (χ3v) is 6.19. The van der Waals surface area contributed by atoms with E-state index in [1.807, 2.05) is 25.1 Å². The van der Waals surface area contributed by atoms with Gasteiger partial charge in [-0.05, 0) is 56.1 Å². The van der Waals surface area contributed by atoms with Gasteiger partial charge < -0.3 is 5.32 Å². The molecule has 0 aliphatic carbocycles. The summed E-state index contributed by atoms with van der Waals surface area (Å²) in [6, 6.07) is 15.2. The molecule has 1 N–H and O–H groups in total. The predicted molar refractivity (Wildman–Crippen MR) is 119 cm³/mol. The Morgan fingerprint density at radius 1 is 1.00 bits per heavy atom. The van der Waals surface area contributed by atoms with E-state index in [0.717, 1.165) is 25.9 Å². The second kappa shape index (κ2) is 9.43. The zero-order valence-corrected chi connectivity index (χ0v) is 18.0. The highest BCUT2D eigenvalue weighted by molar-refractivity contribution is 6.22. The van der Waals surface area contributed by atoms with Gasteiger partial charge in [0.25, 0.3) is 17.7 Å². The quantitative estimate of drug-likeness (QED) is 0.663. The van der Waals surface area contributed by atoms with E-state index in [-0.39, 0.29) is 23.8 Å². The molecule has 1 fully saturated rings. The number of hydrogen-bond acceptors (Lipinski definition) is 4. The van der Waals surface area contributed by atoms with E-state index in [9.17, 15) is 14.4 Å². The molecule has 6 heteroatoms. The molecule has 0 aromatic heterocycles. The van der Waals surface area contributed by atoms with Gasteiger partial charge in [0.2, 0.25) is 0 Å². The molecule has 2 aliphatic heterocycles. The van der Waals surface area contributed by atoms with E-state index in [0.29, 0.717) is 29.8 Å². The maximum atomic E-state index is 12.9. The van der Waals surface area contributed by atoms with Crippen molar-refractivity contribution in [1.29, 1.82) is 0 Å². The van der Waals surface area contributed by atoms with E-state index < -0.39 is 0 Å². The number of imide groups is 1. The van der Waals surface area contributed by atoms with Crippen LogP contribution in [0.4, 0.5) is 0 Å². The maximum absolute atomic E-state index is 12.9. The van der Waals surface area contributed by atoms with Gasteiger partial charge >= 0.3 is 0 Å². The molecule has 0 radical (unpaired) electrons. The fraction of sp³-hybridized carbons (Fsp3) is 0.400. The Morgan fingerprint density at radius 3 is 2.42 bits per heavy atom. The Labute approximate surface area is 183 Å². The third-order valence-electron chi connectivity index (χ3n) is 6.19. The zero-order chi connectivity index (χ0) is 21.8. The predicted octanol–water partition coefficient (Wildman–Crippen LogP) is 3.65. The van der Waals surface area contributed by atoms with Crippen LogP contribution in [0.3, 0.4) is 0 Å². The van der Waals surface area contributed by atoms with E-state index in [4.69, 9.17) is 0 Å². The lowest BCUT2D eigenvalue weighted by Gasteiger charge is -2.28. The molecule has 162 valence electrons. The van der Waals surface area contributed by atoms with Crippen molar-refractivity contribution in [2.75, 3.05) is 26.2 Å². The van der Waals surface area contributed by atoms with Crippen molar-refractivity contribution < 1.29 is 14.4 Å². The fourth-order valence-electron chi connectivity index (χ4n) is 4.43. The van der Waals surface area contributed by atoms with Crippen molar-refractivity contribution in [3.8, 4) is 0 Å². The minimum Gasteiger partial charge on any atom is -0.350 e. The van der Waals surface area contributed by atoms with Gasteiger partial charge in [-0.25, -0.2) is 0 Å². The van der Waals surface area contributed by atoms with E-state index >= 15 is 0 Å². The average molecular weight is 420 g/mol. The first-order valence-electron chi connectivity index (χ1n) is 11.2. The van der Waals surface area contributed by atoms with Crippen molar-refractivity contribution in [2.45, 2.75) is 38.6 Å². The number of nitrogens with zero attached hydrogens (tertiary/aromatic N) is 2. The summed E-state index contributed by atoms with van der Waals surface area (Å²) in [5.41, 5.74) is 2.31. The van der Waals surface area contributed by atoms with E-state index in [1.54, 1.807) is 18.2 Å². The number of nitrogens with one attached hydrogen (secondary N) is 1. The Hall–Kier alpha value is -2.99. The SMILES string of the molecule is CCCCN1C(=O)c2ccc(C(=O)NC[C@H](c3ccccc3)N3CCCC3)cc2C1=O. The summed E-state index contributed by atoms with van der Waals surface area (Å²) in [5.74, 6) is -0.795. The Bertz CT molecular complexity index is 967. The summed E-state index contributed by atoms with van der Waals surface area (Å²) in [4.78, 5) is 41.8. The highest BCUT2D eigenvalue weighted by Crippen LogP contribution is 2.26. The number of hydrogen-bond donors (Lipinski definition) is 1. The number of carbonyl (C=O) groups excluding carboxylic acids is 3. The van der Waals surface area contributed by atoms with Crippen LogP contribution in [-0.2, 0) is 0 Å². The summed E-state index contributed by atoms with van der Waals surface area (Å²) in [6.45, 7) is 4.98. The van der Waals surface area contributed by atoms with Gasteiger partial charge in [0, 0.05) is 18.7 Å². The van der Waals surface area contributed by atoms with Gasteiger partial charge in [-0.3, -0.25) is 24.2 Å². The molecule has 2 aromatic rings. The second-order valence-corrected chi connectivity index (χ2v) is 8.26. The molecule has 0 spiro atoms. The van der Waals surface area contributed by atoms with Gasteiger partial charge in [-0.15, -0.1) is 0 Å². The van der Waals surface area contributed by atoms with Gasteiger partial charge in [-0.1, -0.05) is 43.7 Å². The first kappa shape index (κ1) is 21.2. The Balaban J connectivity index is 1.47. The summed E-state index contributed by atoms with van der Waals surface area (Å²) < 4.78 is 0. The van der Waals surface area contributed by atoms with Gasteiger partial charge in [0.15, 0.2) is 0 Å². The largest absolute Gasteiger partial charge is 0.350 e. The molecule has 1 atom stereocenters. The van der Waals surface area contributed by atoms with Crippen LogP contribution in [0, 0.1) is 0 Å². The van der Waals surface area contributed by atoms with Gasteiger partial charge in [0.05, 0.1) is 17.2 Å². The molecule has 2 aliphatic rings. The number of carbonyl (C=O) groups is 3. The summed E-state index contributed by atoms with van der Waals surface area (Å²) in [7, 11) is 0. The highest BCUT2D eigenvalue weighted by atomic mass is 16.2. The fourth-order valence-corrected chi connectivity index (χ4v) is 4.43.